The predicted octanol–water partition coefficient (Wildman–Crippen LogP) is 4.97. The third-order valence-electron chi connectivity index (χ3n) is 3.58. The number of benzene rings is 2. The fraction of sp³-hybridized carbons (Fsp3) is 0.250. The average Bonchev–Trinajstić information content (AvgIpc) is 2.60. The molecule has 0 amide bonds. The first kappa shape index (κ1) is 18.4. The lowest BCUT2D eigenvalue weighted by Crippen LogP contribution is -2.23. The Morgan fingerprint density at radius 2 is 1.80 bits per heavy atom. The predicted molar refractivity (Wildman–Crippen MR) is 101 cm³/mol. The summed E-state index contributed by atoms with van der Waals surface area (Å²) in [5.41, 5.74) is 4.19. The summed E-state index contributed by atoms with van der Waals surface area (Å²) in [7, 11) is 1.94. The van der Waals surface area contributed by atoms with Gasteiger partial charge in [-0.3, -0.25) is 0 Å². The van der Waals surface area contributed by atoms with Gasteiger partial charge in [-0.1, -0.05) is 18.7 Å². The van der Waals surface area contributed by atoms with E-state index in [0.29, 0.717) is 18.7 Å². The van der Waals surface area contributed by atoms with Crippen LogP contribution < -0.4 is 4.90 Å². The Morgan fingerprint density at radius 1 is 1.12 bits per heavy atom. The summed E-state index contributed by atoms with van der Waals surface area (Å²) in [6.45, 7) is 8.13. The van der Waals surface area contributed by atoms with E-state index in [1.807, 2.05) is 67.4 Å². The Bertz CT molecular complexity index is 767. The van der Waals surface area contributed by atoms with Crippen molar-refractivity contribution in [3.8, 4) is 0 Å². The van der Waals surface area contributed by atoms with Gasteiger partial charge >= 0.3 is 5.97 Å². The van der Waals surface area contributed by atoms with E-state index in [0.717, 1.165) is 22.6 Å². The highest BCUT2D eigenvalue weighted by Crippen LogP contribution is 2.22. The van der Waals surface area contributed by atoms with Gasteiger partial charge in [0, 0.05) is 18.3 Å². The molecule has 0 aliphatic rings. The maximum absolute atomic E-state index is 11.4. The van der Waals surface area contributed by atoms with Crippen LogP contribution in [0.15, 0.2) is 70.9 Å². The number of ether oxygens (including phenoxy) is 1. The number of azo groups is 1. The van der Waals surface area contributed by atoms with Gasteiger partial charge in [0.05, 0.1) is 17.9 Å². The highest BCUT2D eigenvalue weighted by atomic mass is 16.5. The number of carbonyl (C=O) groups excluding carboxylic acids is 1. The summed E-state index contributed by atoms with van der Waals surface area (Å²) in [6.07, 6.45) is 0. The molecule has 130 valence electrons. The number of esters is 1. The Hall–Kier alpha value is -2.95. The van der Waals surface area contributed by atoms with Gasteiger partial charge in [0.15, 0.2) is 0 Å². The SMILES string of the molecule is C=C(C)C(=O)OCCN(C)c1ccc(N=Nc2cccc(C)c2)cc1. The Balaban J connectivity index is 1.90. The first-order valence-corrected chi connectivity index (χ1v) is 8.08. The second-order valence-electron chi connectivity index (χ2n) is 5.89. The smallest absolute Gasteiger partial charge is 0.333 e. The number of hydrogen-bond donors (Lipinski definition) is 0. The Morgan fingerprint density at radius 3 is 2.44 bits per heavy atom. The standard InChI is InChI=1S/C20H23N3O2/c1-15(2)20(24)25-13-12-23(4)19-10-8-17(9-11-19)21-22-18-7-5-6-16(3)14-18/h5-11,14H,1,12-13H2,2-4H3. The molecule has 0 unspecified atom stereocenters. The van der Waals surface area contributed by atoms with Gasteiger partial charge < -0.3 is 9.64 Å². The third kappa shape index (κ3) is 5.88. The van der Waals surface area contributed by atoms with Gasteiger partial charge in [0.1, 0.15) is 6.61 Å². The van der Waals surface area contributed by atoms with Crippen LogP contribution in [0.1, 0.15) is 12.5 Å². The van der Waals surface area contributed by atoms with E-state index in [4.69, 9.17) is 4.74 Å². The minimum Gasteiger partial charge on any atom is -0.460 e. The van der Waals surface area contributed by atoms with Gasteiger partial charge in [-0.05, 0) is 55.8 Å². The van der Waals surface area contributed by atoms with Gasteiger partial charge in [-0.2, -0.15) is 10.2 Å². The molecule has 0 bridgehead atoms. The molecule has 2 aromatic carbocycles. The van der Waals surface area contributed by atoms with Crippen LogP contribution in [-0.4, -0.2) is 26.2 Å². The number of carbonyl (C=O) groups is 1. The minimum absolute atomic E-state index is 0.316. The molecule has 0 saturated carbocycles. The molecule has 0 N–H and O–H groups in total. The van der Waals surface area contributed by atoms with Crippen molar-refractivity contribution in [1.82, 2.24) is 0 Å². The largest absolute Gasteiger partial charge is 0.460 e. The fourth-order valence-electron chi connectivity index (χ4n) is 2.11. The molecule has 25 heavy (non-hydrogen) atoms. The van der Waals surface area contributed by atoms with Crippen LogP contribution >= 0.6 is 0 Å². The number of anilines is 1. The molecule has 0 heterocycles. The van der Waals surface area contributed by atoms with Crippen molar-refractivity contribution in [2.24, 2.45) is 10.2 Å². The van der Waals surface area contributed by atoms with Crippen molar-refractivity contribution >= 4 is 23.0 Å². The summed E-state index contributed by atoms with van der Waals surface area (Å²) in [5, 5.41) is 8.49. The highest BCUT2D eigenvalue weighted by Gasteiger charge is 2.05. The fourth-order valence-corrected chi connectivity index (χ4v) is 2.11. The van der Waals surface area contributed by atoms with Crippen LogP contribution in [0.2, 0.25) is 0 Å². The first-order chi connectivity index (χ1) is 12.0. The molecule has 0 spiro atoms. The zero-order valence-corrected chi connectivity index (χ0v) is 14.9. The first-order valence-electron chi connectivity index (χ1n) is 8.08. The van der Waals surface area contributed by atoms with Gasteiger partial charge in [0.25, 0.3) is 0 Å². The lowest BCUT2D eigenvalue weighted by atomic mass is 10.2. The third-order valence-corrected chi connectivity index (χ3v) is 3.58. The van der Waals surface area contributed by atoms with Crippen LogP contribution in [0.4, 0.5) is 17.1 Å². The maximum Gasteiger partial charge on any atom is 0.333 e. The summed E-state index contributed by atoms with van der Waals surface area (Å²) in [4.78, 5) is 13.4. The van der Waals surface area contributed by atoms with Gasteiger partial charge in [-0.25, -0.2) is 4.79 Å². The molecule has 0 aromatic heterocycles. The second-order valence-corrected chi connectivity index (χ2v) is 5.89. The molecule has 5 heteroatoms. The molecular weight excluding hydrogens is 314 g/mol. The lowest BCUT2D eigenvalue weighted by Gasteiger charge is -2.19. The average molecular weight is 337 g/mol. The molecule has 0 radical (unpaired) electrons. The molecule has 0 aliphatic heterocycles. The number of rotatable bonds is 7. The number of hydrogen-bond acceptors (Lipinski definition) is 5. The molecule has 2 rings (SSSR count). The van der Waals surface area contributed by atoms with Crippen molar-refractivity contribution < 1.29 is 9.53 Å². The van der Waals surface area contributed by atoms with E-state index in [9.17, 15) is 4.79 Å². The van der Waals surface area contributed by atoms with Crippen LogP contribution in [0.3, 0.4) is 0 Å². The zero-order valence-electron chi connectivity index (χ0n) is 14.9. The van der Waals surface area contributed by atoms with E-state index in [-0.39, 0.29) is 5.97 Å². The van der Waals surface area contributed by atoms with E-state index in [1.54, 1.807) is 6.92 Å². The normalized spacial score (nSPS) is 10.7. The van der Waals surface area contributed by atoms with Crippen LogP contribution in [-0.2, 0) is 9.53 Å². The molecule has 0 saturated heterocycles. The molecule has 2 aromatic rings. The van der Waals surface area contributed by atoms with Crippen LogP contribution in [0, 0.1) is 6.92 Å². The van der Waals surface area contributed by atoms with Crippen molar-refractivity contribution in [3.05, 3.63) is 66.2 Å². The lowest BCUT2D eigenvalue weighted by molar-refractivity contribution is -0.138. The van der Waals surface area contributed by atoms with E-state index in [2.05, 4.69) is 16.8 Å². The molecule has 0 fully saturated rings. The quantitative estimate of drug-likeness (QED) is 0.407. The van der Waals surface area contributed by atoms with Crippen molar-refractivity contribution in [1.29, 1.82) is 0 Å². The van der Waals surface area contributed by atoms with Crippen LogP contribution in [0.25, 0.3) is 0 Å². The van der Waals surface area contributed by atoms with Gasteiger partial charge in [0.2, 0.25) is 0 Å². The van der Waals surface area contributed by atoms with Gasteiger partial charge in [-0.15, -0.1) is 0 Å². The Labute approximate surface area is 148 Å². The topological polar surface area (TPSA) is 54.3 Å². The summed E-state index contributed by atoms with van der Waals surface area (Å²) < 4.78 is 5.10. The summed E-state index contributed by atoms with van der Waals surface area (Å²) >= 11 is 0. The molecule has 5 nitrogen and oxygen atoms in total. The molecular formula is C20H23N3O2. The highest BCUT2D eigenvalue weighted by molar-refractivity contribution is 5.86. The van der Waals surface area contributed by atoms with E-state index >= 15 is 0 Å². The van der Waals surface area contributed by atoms with E-state index in [1.165, 1.54) is 0 Å². The molecule has 0 aliphatic carbocycles. The maximum atomic E-state index is 11.4. The van der Waals surface area contributed by atoms with Crippen molar-refractivity contribution in [2.45, 2.75) is 13.8 Å². The van der Waals surface area contributed by atoms with E-state index < -0.39 is 0 Å². The van der Waals surface area contributed by atoms with Crippen molar-refractivity contribution in [3.63, 3.8) is 0 Å². The summed E-state index contributed by atoms with van der Waals surface area (Å²) in [6, 6.07) is 15.6. The zero-order chi connectivity index (χ0) is 18.2. The number of aryl methyl sites for hydroxylation is 1. The van der Waals surface area contributed by atoms with Crippen molar-refractivity contribution in [2.75, 3.05) is 25.1 Å². The second kappa shape index (κ2) is 8.78. The number of likely N-dealkylation sites (N-methyl/N-ethyl adjacent to an activating group) is 1. The Kier molecular flexibility index (Phi) is 6.46. The minimum atomic E-state index is -0.361. The molecule has 0 atom stereocenters. The monoisotopic (exact) mass is 337 g/mol. The summed E-state index contributed by atoms with van der Waals surface area (Å²) in [5.74, 6) is -0.361. The van der Waals surface area contributed by atoms with Crippen LogP contribution in [0.5, 0.6) is 0 Å². The number of nitrogens with zero attached hydrogens (tertiary/aromatic N) is 3.